The van der Waals surface area contributed by atoms with Gasteiger partial charge >= 0.3 is 0 Å². The van der Waals surface area contributed by atoms with Crippen LogP contribution in [0.15, 0.2) is 40.5 Å². The molecule has 1 amide bonds. The molecule has 2 aromatic heterocycles. The van der Waals surface area contributed by atoms with Gasteiger partial charge in [0.2, 0.25) is 5.91 Å². The first-order valence-corrected chi connectivity index (χ1v) is 8.40. The highest BCUT2D eigenvalue weighted by molar-refractivity contribution is 7.99. The lowest BCUT2D eigenvalue weighted by molar-refractivity contribution is -0.113. The number of halogens is 1. The molecular weight excluding hydrogens is 350 g/mol. The standard InChI is InChI=1S/C15H14ClN5O2S/c1-9-10(2)23-15(19-9)24-6-14(22)20-12-5-11(16)3-4-13(12)21-8-17-7-18-21/h3-5,7-8H,6H2,1-2H3,(H,20,22). The number of hydrogen-bond acceptors (Lipinski definition) is 6. The Bertz CT molecular complexity index is 843. The number of amides is 1. The summed E-state index contributed by atoms with van der Waals surface area (Å²) in [7, 11) is 0. The zero-order valence-electron chi connectivity index (χ0n) is 13.0. The lowest BCUT2D eigenvalue weighted by Gasteiger charge is -2.10. The van der Waals surface area contributed by atoms with Gasteiger partial charge in [-0.15, -0.1) is 0 Å². The van der Waals surface area contributed by atoms with Gasteiger partial charge in [0.1, 0.15) is 18.4 Å². The van der Waals surface area contributed by atoms with Crippen molar-refractivity contribution in [1.29, 1.82) is 0 Å². The van der Waals surface area contributed by atoms with Gasteiger partial charge in [-0.1, -0.05) is 23.4 Å². The molecule has 0 saturated carbocycles. The number of thioether (sulfide) groups is 1. The maximum absolute atomic E-state index is 12.2. The van der Waals surface area contributed by atoms with E-state index in [-0.39, 0.29) is 11.7 Å². The van der Waals surface area contributed by atoms with Crippen LogP contribution in [0.2, 0.25) is 5.02 Å². The summed E-state index contributed by atoms with van der Waals surface area (Å²) in [5, 5.41) is 7.89. The summed E-state index contributed by atoms with van der Waals surface area (Å²) < 4.78 is 7.00. The van der Waals surface area contributed by atoms with Crippen LogP contribution in [0.1, 0.15) is 11.5 Å². The van der Waals surface area contributed by atoms with Crippen molar-refractivity contribution in [3.05, 3.63) is 47.3 Å². The Morgan fingerprint density at radius 2 is 2.25 bits per heavy atom. The van der Waals surface area contributed by atoms with Crippen LogP contribution in [0.3, 0.4) is 0 Å². The zero-order valence-corrected chi connectivity index (χ0v) is 14.6. The molecular formula is C15H14ClN5O2S. The summed E-state index contributed by atoms with van der Waals surface area (Å²) in [6.45, 7) is 3.70. The van der Waals surface area contributed by atoms with Gasteiger partial charge in [0, 0.05) is 5.02 Å². The number of aryl methyl sites for hydroxylation is 2. The van der Waals surface area contributed by atoms with Crippen molar-refractivity contribution < 1.29 is 9.21 Å². The zero-order chi connectivity index (χ0) is 17.1. The number of hydrogen-bond donors (Lipinski definition) is 1. The Hall–Kier alpha value is -2.32. The van der Waals surface area contributed by atoms with Crippen molar-refractivity contribution in [1.82, 2.24) is 19.7 Å². The summed E-state index contributed by atoms with van der Waals surface area (Å²) in [4.78, 5) is 20.4. The summed E-state index contributed by atoms with van der Waals surface area (Å²) in [6.07, 6.45) is 2.97. The Morgan fingerprint density at radius 1 is 1.42 bits per heavy atom. The van der Waals surface area contributed by atoms with Crippen molar-refractivity contribution in [2.75, 3.05) is 11.1 Å². The average Bonchev–Trinajstić information content (AvgIpc) is 3.16. The predicted octanol–water partition coefficient (Wildman–Crippen LogP) is 3.26. The molecule has 1 aromatic carbocycles. The smallest absolute Gasteiger partial charge is 0.256 e. The van der Waals surface area contributed by atoms with Gasteiger partial charge < -0.3 is 9.73 Å². The maximum atomic E-state index is 12.2. The first-order valence-electron chi connectivity index (χ1n) is 7.04. The number of anilines is 1. The van der Waals surface area contributed by atoms with Crippen LogP contribution in [0.5, 0.6) is 0 Å². The minimum Gasteiger partial charge on any atom is -0.437 e. The van der Waals surface area contributed by atoms with Gasteiger partial charge in [-0.2, -0.15) is 5.10 Å². The van der Waals surface area contributed by atoms with E-state index in [0.717, 1.165) is 11.5 Å². The maximum Gasteiger partial charge on any atom is 0.256 e. The van der Waals surface area contributed by atoms with E-state index in [4.69, 9.17) is 16.0 Å². The van der Waals surface area contributed by atoms with E-state index in [1.165, 1.54) is 18.1 Å². The van der Waals surface area contributed by atoms with Crippen LogP contribution in [-0.4, -0.2) is 31.4 Å². The number of benzene rings is 1. The molecule has 0 saturated heterocycles. The summed E-state index contributed by atoms with van der Waals surface area (Å²) in [6, 6.07) is 5.16. The summed E-state index contributed by atoms with van der Waals surface area (Å²) in [5.74, 6) is 0.723. The van der Waals surface area contributed by atoms with Crippen molar-refractivity contribution in [2.45, 2.75) is 19.1 Å². The van der Waals surface area contributed by atoms with Gasteiger partial charge in [-0.25, -0.2) is 14.6 Å². The molecule has 9 heteroatoms. The van der Waals surface area contributed by atoms with Crippen molar-refractivity contribution in [3.63, 3.8) is 0 Å². The Labute approximate surface area is 147 Å². The fraction of sp³-hybridized carbons (Fsp3) is 0.200. The highest BCUT2D eigenvalue weighted by Crippen LogP contribution is 2.25. The third-order valence-corrected chi connectivity index (χ3v) is 4.30. The molecule has 0 atom stereocenters. The lowest BCUT2D eigenvalue weighted by Crippen LogP contribution is -2.16. The predicted molar refractivity (Wildman–Crippen MR) is 91.7 cm³/mol. The van der Waals surface area contributed by atoms with E-state index in [2.05, 4.69) is 20.4 Å². The van der Waals surface area contributed by atoms with Crippen LogP contribution in [0.25, 0.3) is 5.69 Å². The molecule has 124 valence electrons. The second-order valence-corrected chi connectivity index (χ2v) is 6.32. The molecule has 1 N–H and O–H groups in total. The normalized spacial score (nSPS) is 10.8. The second kappa shape index (κ2) is 7.06. The third-order valence-electron chi connectivity index (χ3n) is 3.23. The van der Waals surface area contributed by atoms with Gasteiger partial charge in [0.05, 0.1) is 22.8 Å². The Kier molecular flexibility index (Phi) is 4.86. The monoisotopic (exact) mass is 363 g/mol. The fourth-order valence-electron chi connectivity index (χ4n) is 1.96. The van der Waals surface area contributed by atoms with Crippen molar-refractivity contribution in [2.24, 2.45) is 0 Å². The summed E-state index contributed by atoms with van der Waals surface area (Å²) in [5.41, 5.74) is 2.05. The molecule has 3 rings (SSSR count). The molecule has 0 bridgehead atoms. The van der Waals surface area contributed by atoms with E-state index in [9.17, 15) is 4.79 Å². The molecule has 0 aliphatic carbocycles. The average molecular weight is 364 g/mol. The van der Waals surface area contributed by atoms with Gasteiger partial charge in [0.25, 0.3) is 5.22 Å². The Balaban J connectivity index is 1.71. The molecule has 3 aromatic rings. The quantitative estimate of drug-likeness (QED) is 0.700. The largest absolute Gasteiger partial charge is 0.437 e. The van der Waals surface area contributed by atoms with E-state index < -0.39 is 0 Å². The van der Waals surface area contributed by atoms with Crippen LogP contribution < -0.4 is 5.32 Å². The fourth-order valence-corrected chi connectivity index (χ4v) is 2.84. The van der Waals surface area contributed by atoms with Crippen molar-refractivity contribution >= 4 is 35.0 Å². The van der Waals surface area contributed by atoms with Gasteiger partial charge in [-0.05, 0) is 32.0 Å². The molecule has 0 fully saturated rings. The number of carbonyl (C=O) groups excluding carboxylic acids is 1. The first-order chi connectivity index (χ1) is 11.5. The number of oxazole rings is 1. The van der Waals surface area contributed by atoms with Gasteiger partial charge in [0.15, 0.2) is 0 Å². The van der Waals surface area contributed by atoms with Crippen LogP contribution >= 0.6 is 23.4 Å². The second-order valence-electron chi connectivity index (χ2n) is 4.96. The minimum absolute atomic E-state index is 0.169. The van der Waals surface area contributed by atoms with E-state index in [0.29, 0.717) is 21.6 Å². The van der Waals surface area contributed by atoms with Crippen molar-refractivity contribution in [3.8, 4) is 5.69 Å². The molecule has 0 spiro atoms. The number of carbonyl (C=O) groups is 1. The highest BCUT2D eigenvalue weighted by Gasteiger charge is 2.13. The number of rotatable bonds is 5. The van der Waals surface area contributed by atoms with Gasteiger partial charge in [-0.3, -0.25) is 4.79 Å². The molecule has 0 unspecified atom stereocenters. The number of aromatic nitrogens is 4. The molecule has 2 heterocycles. The van der Waals surface area contributed by atoms with E-state index >= 15 is 0 Å². The molecule has 0 aliphatic heterocycles. The number of nitrogens with zero attached hydrogens (tertiary/aromatic N) is 4. The van der Waals surface area contributed by atoms with Crippen LogP contribution in [-0.2, 0) is 4.79 Å². The lowest BCUT2D eigenvalue weighted by atomic mass is 10.2. The molecule has 0 aliphatic rings. The Morgan fingerprint density at radius 3 is 2.92 bits per heavy atom. The molecule has 24 heavy (non-hydrogen) atoms. The molecule has 0 radical (unpaired) electrons. The topological polar surface area (TPSA) is 85.8 Å². The van der Waals surface area contributed by atoms with Crippen LogP contribution in [0.4, 0.5) is 5.69 Å². The minimum atomic E-state index is -0.197. The third kappa shape index (κ3) is 3.77. The number of nitrogens with one attached hydrogen (secondary N) is 1. The highest BCUT2D eigenvalue weighted by atomic mass is 35.5. The van der Waals surface area contributed by atoms with Crippen LogP contribution in [0, 0.1) is 13.8 Å². The van der Waals surface area contributed by atoms with E-state index in [1.54, 1.807) is 29.2 Å². The molecule has 7 nitrogen and oxygen atoms in total. The van der Waals surface area contributed by atoms with E-state index in [1.807, 2.05) is 13.8 Å². The SMILES string of the molecule is Cc1nc(SCC(=O)Nc2cc(Cl)ccc2-n2cncn2)oc1C. The summed E-state index contributed by atoms with van der Waals surface area (Å²) >= 11 is 7.26. The first kappa shape index (κ1) is 16.5.